The molecule has 0 spiro atoms. The van der Waals surface area contributed by atoms with E-state index in [0.29, 0.717) is 19.8 Å². The number of nitrogens with zero attached hydrogens (tertiary/aromatic N) is 1. The highest BCUT2D eigenvalue weighted by Crippen LogP contribution is 2.31. The Kier molecular flexibility index (Phi) is 3.97. The van der Waals surface area contributed by atoms with Gasteiger partial charge in [-0.3, -0.25) is 4.79 Å². The van der Waals surface area contributed by atoms with Gasteiger partial charge in [-0.2, -0.15) is 13.2 Å². The van der Waals surface area contributed by atoms with Crippen LogP contribution in [0.5, 0.6) is 0 Å². The van der Waals surface area contributed by atoms with Gasteiger partial charge in [0.2, 0.25) is 0 Å². The van der Waals surface area contributed by atoms with Gasteiger partial charge in [-0.25, -0.2) is 0 Å². The maximum atomic E-state index is 12.7. The van der Waals surface area contributed by atoms with Crippen LogP contribution in [-0.2, 0) is 4.79 Å². The summed E-state index contributed by atoms with van der Waals surface area (Å²) in [5.41, 5.74) is 1.30. The van der Waals surface area contributed by atoms with Crippen LogP contribution in [0.25, 0.3) is 0 Å². The van der Waals surface area contributed by atoms with Crippen molar-refractivity contribution in [2.24, 2.45) is 5.73 Å². The minimum atomic E-state index is -4.78. The van der Waals surface area contributed by atoms with Crippen LogP contribution in [0.4, 0.5) is 13.2 Å². The molecule has 18 heavy (non-hydrogen) atoms. The third-order valence-corrected chi connectivity index (χ3v) is 3.38. The summed E-state index contributed by atoms with van der Waals surface area (Å²) in [6, 6.07) is 0. The van der Waals surface area contributed by atoms with E-state index in [4.69, 9.17) is 5.73 Å². The Morgan fingerprint density at radius 1 is 1.33 bits per heavy atom. The summed E-state index contributed by atoms with van der Waals surface area (Å²) in [6.07, 6.45) is -3.59. The third kappa shape index (κ3) is 3.14. The summed E-state index contributed by atoms with van der Waals surface area (Å²) in [6.45, 7) is 2.58. The smallest absolute Gasteiger partial charge is 0.390 e. The SMILES string of the molecule is CC1(O)CCCN(C(=O)C(C)(N)C(F)(F)F)CC1. The minimum absolute atomic E-state index is 0.0920. The van der Waals surface area contributed by atoms with Gasteiger partial charge in [0.1, 0.15) is 0 Å². The Bertz CT molecular complexity index is 327. The van der Waals surface area contributed by atoms with E-state index in [-0.39, 0.29) is 19.5 Å². The second-order valence-corrected chi connectivity index (χ2v) is 5.34. The molecule has 2 unspecified atom stereocenters. The predicted molar refractivity (Wildman–Crippen MR) is 59.7 cm³/mol. The molecular weight excluding hydrogens is 249 g/mol. The van der Waals surface area contributed by atoms with E-state index in [1.54, 1.807) is 6.92 Å². The second-order valence-electron chi connectivity index (χ2n) is 5.34. The average molecular weight is 268 g/mol. The van der Waals surface area contributed by atoms with Crippen LogP contribution in [-0.4, -0.2) is 46.3 Å². The number of likely N-dealkylation sites (tertiary alicyclic amines) is 1. The standard InChI is InChI=1S/C11H19F3N2O2/c1-9(18)4-3-6-16(7-5-9)8(17)10(2,15)11(12,13)14/h18H,3-7,15H2,1-2H3. The number of carbonyl (C=O) groups excluding carboxylic acids is 1. The Balaban J connectivity index is 2.79. The number of nitrogens with two attached hydrogens (primary N) is 1. The number of hydrogen-bond acceptors (Lipinski definition) is 3. The largest absolute Gasteiger partial charge is 0.415 e. The van der Waals surface area contributed by atoms with Crippen LogP contribution >= 0.6 is 0 Å². The summed E-state index contributed by atoms with van der Waals surface area (Å²) in [5.74, 6) is -1.13. The molecule has 2 atom stereocenters. The van der Waals surface area contributed by atoms with Crippen molar-refractivity contribution in [3.63, 3.8) is 0 Å². The molecule has 1 fully saturated rings. The fraction of sp³-hybridized carbons (Fsp3) is 0.909. The van der Waals surface area contributed by atoms with E-state index >= 15 is 0 Å². The summed E-state index contributed by atoms with van der Waals surface area (Å²) in [4.78, 5) is 12.9. The van der Waals surface area contributed by atoms with E-state index in [1.165, 1.54) is 0 Å². The molecule has 1 rings (SSSR count). The van der Waals surface area contributed by atoms with Crippen molar-refractivity contribution >= 4 is 5.91 Å². The first-order chi connectivity index (χ1) is 7.97. The number of amides is 1. The number of hydrogen-bond donors (Lipinski definition) is 2. The zero-order chi connectivity index (χ0) is 14.2. The van der Waals surface area contributed by atoms with Gasteiger partial charge in [-0.1, -0.05) is 0 Å². The first kappa shape index (κ1) is 15.2. The van der Waals surface area contributed by atoms with Gasteiger partial charge in [0, 0.05) is 13.1 Å². The molecule has 0 aromatic heterocycles. The summed E-state index contributed by atoms with van der Waals surface area (Å²) < 4.78 is 38.0. The Hall–Kier alpha value is -0.820. The average Bonchev–Trinajstić information content (AvgIpc) is 2.36. The van der Waals surface area contributed by atoms with Gasteiger partial charge in [-0.05, 0) is 33.1 Å². The third-order valence-electron chi connectivity index (χ3n) is 3.38. The van der Waals surface area contributed by atoms with Crippen molar-refractivity contribution in [3.8, 4) is 0 Å². The van der Waals surface area contributed by atoms with Crippen LogP contribution in [0.15, 0.2) is 0 Å². The Morgan fingerprint density at radius 3 is 2.39 bits per heavy atom. The molecular formula is C11H19F3N2O2. The van der Waals surface area contributed by atoms with Gasteiger partial charge >= 0.3 is 6.18 Å². The summed E-state index contributed by atoms with van der Waals surface area (Å²) in [5, 5.41) is 9.83. The van der Waals surface area contributed by atoms with Crippen molar-refractivity contribution in [1.29, 1.82) is 0 Å². The van der Waals surface area contributed by atoms with Crippen LogP contribution in [0.3, 0.4) is 0 Å². The molecule has 1 saturated heterocycles. The lowest BCUT2D eigenvalue weighted by Crippen LogP contribution is -2.62. The highest BCUT2D eigenvalue weighted by atomic mass is 19.4. The van der Waals surface area contributed by atoms with Crippen LogP contribution < -0.4 is 5.73 Å². The van der Waals surface area contributed by atoms with E-state index in [0.717, 1.165) is 4.90 Å². The molecule has 0 bridgehead atoms. The lowest BCUT2D eigenvalue weighted by molar-refractivity contribution is -0.193. The maximum absolute atomic E-state index is 12.7. The molecule has 0 aromatic rings. The molecule has 1 heterocycles. The second kappa shape index (κ2) is 4.70. The molecule has 1 amide bonds. The molecule has 7 heteroatoms. The van der Waals surface area contributed by atoms with Crippen molar-refractivity contribution in [2.45, 2.75) is 50.4 Å². The van der Waals surface area contributed by atoms with Crippen molar-refractivity contribution in [2.75, 3.05) is 13.1 Å². The highest BCUT2D eigenvalue weighted by molar-refractivity contribution is 5.86. The molecule has 4 nitrogen and oxygen atoms in total. The van der Waals surface area contributed by atoms with Crippen LogP contribution in [0.1, 0.15) is 33.1 Å². The zero-order valence-electron chi connectivity index (χ0n) is 10.5. The van der Waals surface area contributed by atoms with Crippen molar-refractivity contribution in [3.05, 3.63) is 0 Å². The maximum Gasteiger partial charge on any atom is 0.415 e. The van der Waals surface area contributed by atoms with Crippen LogP contribution in [0.2, 0.25) is 0 Å². The Morgan fingerprint density at radius 2 is 1.89 bits per heavy atom. The van der Waals surface area contributed by atoms with Crippen LogP contribution in [0, 0.1) is 0 Å². The number of rotatable bonds is 1. The first-order valence-electron chi connectivity index (χ1n) is 5.85. The normalized spacial score (nSPS) is 29.6. The Labute approximate surface area is 104 Å². The number of carbonyl (C=O) groups is 1. The molecule has 1 aliphatic heterocycles. The molecule has 0 saturated carbocycles. The molecule has 1 aliphatic rings. The van der Waals surface area contributed by atoms with Gasteiger partial charge < -0.3 is 15.7 Å². The fourth-order valence-electron chi connectivity index (χ4n) is 1.92. The molecule has 0 radical (unpaired) electrons. The molecule has 0 aliphatic carbocycles. The topological polar surface area (TPSA) is 66.6 Å². The van der Waals surface area contributed by atoms with Gasteiger partial charge in [-0.15, -0.1) is 0 Å². The quantitative estimate of drug-likeness (QED) is 0.746. The van der Waals surface area contributed by atoms with Crippen molar-refractivity contribution in [1.82, 2.24) is 4.90 Å². The molecule has 106 valence electrons. The number of aliphatic hydroxyl groups is 1. The molecule has 3 N–H and O–H groups in total. The zero-order valence-corrected chi connectivity index (χ0v) is 10.5. The lowest BCUT2D eigenvalue weighted by Gasteiger charge is -2.32. The monoisotopic (exact) mass is 268 g/mol. The van der Waals surface area contributed by atoms with Gasteiger partial charge in [0.25, 0.3) is 5.91 Å². The minimum Gasteiger partial charge on any atom is -0.390 e. The number of halogens is 3. The summed E-state index contributed by atoms with van der Waals surface area (Å²) in [7, 11) is 0. The lowest BCUT2D eigenvalue weighted by atomic mass is 9.98. The van der Waals surface area contributed by atoms with Gasteiger partial charge in [0.15, 0.2) is 5.54 Å². The fourth-order valence-corrected chi connectivity index (χ4v) is 1.92. The summed E-state index contributed by atoms with van der Waals surface area (Å²) >= 11 is 0. The highest BCUT2D eigenvalue weighted by Gasteiger charge is 2.55. The number of alkyl halides is 3. The van der Waals surface area contributed by atoms with E-state index in [2.05, 4.69) is 0 Å². The van der Waals surface area contributed by atoms with Gasteiger partial charge in [0.05, 0.1) is 5.60 Å². The predicted octanol–water partition coefficient (Wildman–Crippen LogP) is 1.03. The van der Waals surface area contributed by atoms with E-state index in [1.807, 2.05) is 0 Å². The van der Waals surface area contributed by atoms with Crippen molar-refractivity contribution < 1.29 is 23.1 Å². The first-order valence-corrected chi connectivity index (χ1v) is 5.85. The molecule has 0 aromatic carbocycles. The van der Waals surface area contributed by atoms with E-state index < -0.39 is 23.2 Å². The van der Waals surface area contributed by atoms with E-state index in [9.17, 15) is 23.1 Å².